The number of hydrogen-bond donors (Lipinski definition) is 0. The summed E-state index contributed by atoms with van der Waals surface area (Å²) < 4.78 is 0. The van der Waals surface area contributed by atoms with E-state index >= 15 is 0 Å². The lowest BCUT2D eigenvalue weighted by atomic mass is 10.3. The van der Waals surface area contributed by atoms with Crippen molar-refractivity contribution in [3.63, 3.8) is 0 Å². The quantitative estimate of drug-likeness (QED) is 0.431. The molecule has 0 saturated heterocycles. The van der Waals surface area contributed by atoms with Crippen molar-refractivity contribution in [2.75, 3.05) is 0 Å². The fraction of sp³-hybridized carbons (Fsp3) is 0.600. The average Bonchev–Trinajstić information content (AvgIpc) is 1.93. The Bertz CT molecular complexity index is 57.3. The lowest BCUT2D eigenvalue weighted by Crippen LogP contribution is -1.52. The first-order valence-corrected chi connectivity index (χ1v) is 4.05. The van der Waals surface area contributed by atoms with Crippen LogP contribution >= 0.6 is 0 Å². The van der Waals surface area contributed by atoms with Gasteiger partial charge in [0.05, 0.1) is 8.41 Å². The molecule has 0 fully saturated rings. The molecule has 0 aliphatic rings. The van der Waals surface area contributed by atoms with E-state index in [0.29, 0.717) is 0 Å². The molecule has 0 aromatic carbocycles. The van der Waals surface area contributed by atoms with Crippen LogP contribution in [0, 0.1) is 0 Å². The molecule has 0 nitrogen and oxygen atoms in total. The summed E-state index contributed by atoms with van der Waals surface area (Å²) in [6.07, 6.45) is 8.62. The van der Waals surface area contributed by atoms with Gasteiger partial charge < -0.3 is 0 Å². The minimum atomic E-state index is 0. The predicted octanol–water partition coefficient (Wildman–Crippen LogP) is 2.76. The lowest BCUT2D eigenvalue weighted by Gasteiger charge is -1.72. The Labute approximate surface area is 74.0 Å². The molecule has 0 radical (unpaired) electrons. The second-order valence-corrected chi connectivity index (χ2v) is 2.15. The third-order valence-corrected chi connectivity index (χ3v) is 0.986. The van der Waals surface area contributed by atoms with Gasteiger partial charge >= 0.3 is 0 Å². The van der Waals surface area contributed by atoms with E-state index in [4.69, 9.17) is 0 Å². The topological polar surface area (TPSA) is 0 Å². The zero-order valence-electron chi connectivity index (χ0n) is 7.40. The molecule has 11 heavy (non-hydrogen) atoms. The van der Waals surface area contributed by atoms with Gasteiger partial charge in [-0.15, -0.1) is 13.2 Å². The molecular formula is C10H23B. The average molecular weight is 154 g/mol. The van der Waals surface area contributed by atoms with E-state index in [1.54, 1.807) is 0 Å². The number of allylic oxidation sites excluding steroid dienone is 2. The molecule has 0 aromatic rings. The Morgan fingerprint density at radius 3 is 1.18 bits per heavy atom. The third kappa shape index (κ3) is 43.2. The largest absolute Gasteiger partial charge is 0.103 e. The highest BCUT2D eigenvalue weighted by atomic mass is 13.7. The molecule has 0 heterocycles. The predicted molar refractivity (Wildman–Crippen MR) is 60.1 cm³/mol. The van der Waals surface area contributed by atoms with Gasteiger partial charge in [-0.05, 0) is 12.8 Å². The maximum Gasteiger partial charge on any atom is 0.0814 e. The van der Waals surface area contributed by atoms with Gasteiger partial charge in [0.2, 0.25) is 0 Å². The van der Waals surface area contributed by atoms with E-state index in [1.165, 1.54) is 12.8 Å². The molecule has 0 saturated carbocycles. The van der Waals surface area contributed by atoms with Crippen LogP contribution in [0.3, 0.4) is 0 Å². The minimum Gasteiger partial charge on any atom is -0.103 e. The van der Waals surface area contributed by atoms with Crippen LogP contribution in [-0.4, -0.2) is 8.41 Å². The molecule has 0 rings (SSSR count). The first kappa shape index (κ1) is 16.9. The van der Waals surface area contributed by atoms with Gasteiger partial charge in [0, 0.05) is 0 Å². The second-order valence-electron chi connectivity index (χ2n) is 2.15. The van der Waals surface area contributed by atoms with Gasteiger partial charge in [-0.2, -0.15) is 0 Å². The summed E-state index contributed by atoms with van der Waals surface area (Å²) in [4.78, 5) is 0. The molecule has 66 valence electrons. The van der Waals surface area contributed by atoms with E-state index in [2.05, 4.69) is 27.0 Å². The van der Waals surface area contributed by atoms with Crippen LogP contribution in [0.4, 0.5) is 0 Å². The van der Waals surface area contributed by atoms with Crippen molar-refractivity contribution in [3.05, 3.63) is 25.3 Å². The fourth-order valence-corrected chi connectivity index (χ4v) is 0.408. The van der Waals surface area contributed by atoms with Gasteiger partial charge in [-0.3, -0.25) is 0 Å². The maximum atomic E-state index is 3.55. The summed E-state index contributed by atoms with van der Waals surface area (Å²) >= 11 is 0. The summed E-state index contributed by atoms with van der Waals surface area (Å²) in [7, 11) is 0. The number of unbranched alkanes of at least 4 members (excludes halogenated alkanes) is 2. The van der Waals surface area contributed by atoms with Gasteiger partial charge in [-0.25, -0.2) is 0 Å². The number of hydrogen-bond acceptors (Lipinski definition) is 0. The first-order valence-electron chi connectivity index (χ1n) is 4.05. The zero-order chi connectivity index (χ0) is 8.24. The van der Waals surface area contributed by atoms with Gasteiger partial charge in [0.25, 0.3) is 0 Å². The van der Waals surface area contributed by atoms with Crippen molar-refractivity contribution in [2.24, 2.45) is 0 Å². The van der Waals surface area contributed by atoms with Crippen LogP contribution in [0.1, 0.15) is 39.5 Å². The summed E-state index contributed by atoms with van der Waals surface area (Å²) in [5.74, 6) is 0. The molecule has 1 heteroatoms. The van der Waals surface area contributed by atoms with Crippen LogP contribution in [0.2, 0.25) is 0 Å². The van der Waals surface area contributed by atoms with Crippen LogP contribution < -0.4 is 0 Å². The van der Waals surface area contributed by atoms with Gasteiger partial charge in [-0.1, -0.05) is 38.8 Å². The van der Waals surface area contributed by atoms with E-state index in [1.807, 2.05) is 12.2 Å². The van der Waals surface area contributed by atoms with E-state index in [-0.39, 0.29) is 8.41 Å². The highest BCUT2D eigenvalue weighted by Gasteiger charge is 1.62. The molecule has 0 amide bonds. The van der Waals surface area contributed by atoms with Crippen LogP contribution in [-0.2, 0) is 0 Å². The zero-order valence-corrected chi connectivity index (χ0v) is 7.40. The molecule has 0 N–H and O–H groups in total. The standard InChI is InChI=1S/2C5H10.BH3/c2*1-3-5-4-2;/h2*3H,1,4-5H2,2H3;1H3. The van der Waals surface area contributed by atoms with Gasteiger partial charge in [0.15, 0.2) is 0 Å². The summed E-state index contributed by atoms with van der Waals surface area (Å²) in [6, 6.07) is 0. The molecular weight excluding hydrogens is 131 g/mol. The van der Waals surface area contributed by atoms with Crippen molar-refractivity contribution >= 4 is 8.41 Å². The third-order valence-electron chi connectivity index (χ3n) is 0.986. The molecule has 0 bridgehead atoms. The first-order chi connectivity index (χ1) is 4.83. The molecule has 0 aliphatic carbocycles. The minimum absolute atomic E-state index is 0. The number of rotatable bonds is 4. The highest BCUT2D eigenvalue weighted by Crippen LogP contribution is 1.82. The molecule has 0 aliphatic heterocycles. The van der Waals surface area contributed by atoms with Crippen molar-refractivity contribution < 1.29 is 0 Å². The van der Waals surface area contributed by atoms with Crippen LogP contribution in [0.25, 0.3) is 0 Å². The van der Waals surface area contributed by atoms with Crippen LogP contribution in [0.15, 0.2) is 25.3 Å². The van der Waals surface area contributed by atoms with Crippen LogP contribution in [0.5, 0.6) is 0 Å². The fourth-order valence-electron chi connectivity index (χ4n) is 0.408. The SMILES string of the molecule is B.C=CCCC.C=CCCC. The second kappa shape index (κ2) is 22.7. The van der Waals surface area contributed by atoms with E-state index < -0.39 is 0 Å². The summed E-state index contributed by atoms with van der Waals surface area (Å²) in [6.45, 7) is 11.4. The Kier molecular flexibility index (Phi) is 34.8. The monoisotopic (exact) mass is 154 g/mol. The van der Waals surface area contributed by atoms with E-state index in [9.17, 15) is 0 Å². The van der Waals surface area contributed by atoms with Crippen molar-refractivity contribution in [1.82, 2.24) is 0 Å². The Morgan fingerprint density at radius 2 is 1.18 bits per heavy atom. The highest BCUT2D eigenvalue weighted by molar-refractivity contribution is 5.75. The molecule has 0 spiro atoms. The Balaban J connectivity index is -0.000000107. The van der Waals surface area contributed by atoms with Crippen molar-refractivity contribution in [3.8, 4) is 0 Å². The Hall–Kier alpha value is -0.455. The maximum absolute atomic E-state index is 3.55. The van der Waals surface area contributed by atoms with Gasteiger partial charge in [0.1, 0.15) is 0 Å². The van der Waals surface area contributed by atoms with Crippen molar-refractivity contribution in [2.45, 2.75) is 39.5 Å². The molecule has 0 unspecified atom stereocenters. The summed E-state index contributed by atoms with van der Waals surface area (Å²) in [5, 5.41) is 0. The van der Waals surface area contributed by atoms with E-state index in [0.717, 1.165) is 12.8 Å². The Morgan fingerprint density at radius 1 is 0.909 bits per heavy atom. The molecule has 0 aromatic heterocycles. The molecule has 0 atom stereocenters. The smallest absolute Gasteiger partial charge is 0.0814 e. The summed E-state index contributed by atoms with van der Waals surface area (Å²) in [5.41, 5.74) is 0. The van der Waals surface area contributed by atoms with Crippen molar-refractivity contribution in [1.29, 1.82) is 0 Å². The lowest BCUT2D eigenvalue weighted by molar-refractivity contribution is 0.961. The normalized spacial score (nSPS) is 6.73.